The van der Waals surface area contributed by atoms with Crippen molar-refractivity contribution in [3.05, 3.63) is 41.7 Å². The Morgan fingerprint density at radius 2 is 2.48 bits per heavy atom. The van der Waals surface area contributed by atoms with E-state index in [4.69, 9.17) is 8.94 Å². The molecule has 0 radical (unpaired) electrons. The van der Waals surface area contributed by atoms with Crippen molar-refractivity contribution in [3.63, 3.8) is 0 Å². The monoisotopic (exact) mass is 289 g/mol. The molecule has 6 nitrogen and oxygen atoms in total. The largest absolute Gasteiger partial charge is 0.467 e. The summed E-state index contributed by atoms with van der Waals surface area (Å²) in [5.74, 6) is 1.60. The molecule has 1 fully saturated rings. The molecular weight excluding hydrogens is 270 g/mol. The van der Waals surface area contributed by atoms with E-state index in [0.717, 1.165) is 36.6 Å². The number of aryl methyl sites for hydroxylation is 1. The Kier molecular flexibility index (Phi) is 4.06. The highest BCUT2D eigenvalue weighted by Crippen LogP contribution is 2.20. The fourth-order valence-electron chi connectivity index (χ4n) is 2.72. The van der Waals surface area contributed by atoms with E-state index in [1.54, 1.807) is 6.26 Å². The van der Waals surface area contributed by atoms with Crippen LogP contribution in [0, 0.1) is 6.92 Å². The summed E-state index contributed by atoms with van der Waals surface area (Å²) in [5, 5.41) is 6.93. The number of amides is 1. The summed E-state index contributed by atoms with van der Waals surface area (Å²) in [5.41, 5.74) is 0.873. The summed E-state index contributed by atoms with van der Waals surface area (Å²) in [6.07, 6.45) is 3.51. The summed E-state index contributed by atoms with van der Waals surface area (Å²) < 4.78 is 10.3. The number of nitrogens with zero attached hydrogens (tertiary/aromatic N) is 2. The Labute approximate surface area is 123 Å². The summed E-state index contributed by atoms with van der Waals surface area (Å²) >= 11 is 0. The van der Waals surface area contributed by atoms with Gasteiger partial charge in [0.25, 0.3) is 0 Å². The van der Waals surface area contributed by atoms with Gasteiger partial charge in [-0.1, -0.05) is 5.16 Å². The summed E-state index contributed by atoms with van der Waals surface area (Å²) in [4.78, 5) is 14.5. The Morgan fingerprint density at radius 3 is 3.19 bits per heavy atom. The molecule has 2 aromatic heterocycles. The number of aromatic nitrogens is 1. The van der Waals surface area contributed by atoms with Crippen LogP contribution in [0.2, 0.25) is 0 Å². The van der Waals surface area contributed by atoms with Crippen molar-refractivity contribution in [1.82, 2.24) is 15.4 Å². The highest BCUT2D eigenvalue weighted by molar-refractivity contribution is 5.81. The average Bonchev–Trinajstić information content (AvgIpc) is 3.19. The number of nitrogens with one attached hydrogen (secondary N) is 1. The fraction of sp³-hybridized carbons (Fsp3) is 0.467. The average molecular weight is 289 g/mol. The van der Waals surface area contributed by atoms with E-state index >= 15 is 0 Å². The molecule has 1 saturated heterocycles. The zero-order chi connectivity index (χ0) is 14.7. The molecule has 1 amide bonds. The molecule has 0 spiro atoms. The van der Waals surface area contributed by atoms with Crippen LogP contribution in [0.3, 0.4) is 0 Å². The molecule has 3 rings (SSSR count). The van der Waals surface area contributed by atoms with Gasteiger partial charge in [0.15, 0.2) is 0 Å². The molecule has 0 saturated carbocycles. The second-order valence-corrected chi connectivity index (χ2v) is 5.35. The normalized spacial score (nSPS) is 19.0. The number of likely N-dealkylation sites (tertiary alicyclic amines) is 1. The van der Waals surface area contributed by atoms with E-state index in [0.29, 0.717) is 13.1 Å². The van der Waals surface area contributed by atoms with Gasteiger partial charge in [0.2, 0.25) is 5.91 Å². The predicted octanol–water partition coefficient (Wildman–Crippen LogP) is 1.86. The summed E-state index contributed by atoms with van der Waals surface area (Å²) in [6, 6.07) is 5.48. The second kappa shape index (κ2) is 6.13. The Hall–Kier alpha value is -2.08. The molecule has 1 unspecified atom stereocenters. The maximum Gasteiger partial charge on any atom is 0.237 e. The summed E-state index contributed by atoms with van der Waals surface area (Å²) in [6.45, 7) is 3.86. The van der Waals surface area contributed by atoms with Crippen molar-refractivity contribution in [3.8, 4) is 0 Å². The first-order chi connectivity index (χ1) is 10.2. The lowest BCUT2D eigenvalue weighted by molar-refractivity contribution is -0.125. The van der Waals surface area contributed by atoms with Crippen LogP contribution in [0.4, 0.5) is 0 Å². The number of carbonyl (C=O) groups is 1. The first-order valence-corrected chi connectivity index (χ1v) is 7.19. The minimum atomic E-state index is -0.100. The SMILES string of the molecule is Cc1cc(CN2CCCC2C(=O)NCc2ccco2)no1. The van der Waals surface area contributed by atoms with Gasteiger partial charge in [-0.2, -0.15) is 0 Å². The molecule has 0 aromatic carbocycles. The lowest BCUT2D eigenvalue weighted by Crippen LogP contribution is -2.42. The van der Waals surface area contributed by atoms with Crippen molar-refractivity contribution < 1.29 is 13.7 Å². The van der Waals surface area contributed by atoms with Crippen LogP contribution in [0.5, 0.6) is 0 Å². The van der Waals surface area contributed by atoms with Crippen LogP contribution in [0.15, 0.2) is 33.4 Å². The van der Waals surface area contributed by atoms with Gasteiger partial charge in [-0.3, -0.25) is 9.69 Å². The van der Waals surface area contributed by atoms with E-state index < -0.39 is 0 Å². The van der Waals surface area contributed by atoms with Crippen molar-refractivity contribution >= 4 is 5.91 Å². The Morgan fingerprint density at radius 1 is 1.57 bits per heavy atom. The number of carbonyl (C=O) groups excluding carboxylic acids is 1. The minimum absolute atomic E-state index is 0.0455. The maximum atomic E-state index is 12.3. The van der Waals surface area contributed by atoms with E-state index in [-0.39, 0.29) is 11.9 Å². The van der Waals surface area contributed by atoms with Gasteiger partial charge in [-0.25, -0.2) is 0 Å². The molecule has 2 aromatic rings. The highest BCUT2D eigenvalue weighted by atomic mass is 16.5. The standard InChI is InChI=1S/C15H19N3O3/c1-11-8-12(17-21-11)10-18-6-2-5-14(18)15(19)16-9-13-4-3-7-20-13/h3-4,7-8,14H,2,5-6,9-10H2,1H3,(H,16,19). The highest BCUT2D eigenvalue weighted by Gasteiger charge is 2.31. The lowest BCUT2D eigenvalue weighted by Gasteiger charge is -2.22. The third-order valence-corrected chi connectivity index (χ3v) is 3.73. The molecule has 6 heteroatoms. The van der Waals surface area contributed by atoms with Crippen molar-refractivity contribution in [2.24, 2.45) is 0 Å². The molecule has 3 heterocycles. The molecule has 0 aliphatic carbocycles. The molecule has 1 aliphatic heterocycles. The first-order valence-electron chi connectivity index (χ1n) is 7.19. The van der Waals surface area contributed by atoms with E-state index in [2.05, 4.69) is 15.4 Å². The van der Waals surface area contributed by atoms with Crippen molar-refractivity contribution in [2.45, 2.75) is 38.9 Å². The Balaban J connectivity index is 1.56. The van der Waals surface area contributed by atoms with Crippen LogP contribution in [-0.4, -0.2) is 28.6 Å². The van der Waals surface area contributed by atoms with Gasteiger partial charge >= 0.3 is 0 Å². The lowest BCUT2D eigenvalue weighted by atomic mass is 10.2. The number of hydrogen-bond acceptors (Lipinski definition) is 5. The predicted molar refractivity (Wildman–Crippen MR) is 75.2 cm³/mol. The topological polar surface area (TPSA) is 71.5 Å². The fourth-order valence-corrected chi connectivity index (χ4v) is 2.72. The van der Waals surface area contributed by atoms with Gasteiger partial charge in [-0.05, 0) is 38.4 Å². The van der Waals surface area contributed by atoms with Gasteiger partial charge in [0, 0.05) is 12.6 Å². The van der Waals surface area contributed by atoms with Gasteiger partial charge in [-0.15, -0.1) is 0 Å². The molecular formula is C15H19N3O3. The third kappa shape index (κ3) is 3.33. The Bertz CT molecular complexity index is 591. The maximum absolute atomic E-state index is 12.3. The second-order valence-electron chi connectivity index (χ2n) is 5.35. The molecule has 1 N–H and O–H groups in total. The van der Waals surface area contributed by atoms with Crippen molar-refractivity contribution in [2.75, 3.05) is 6.54 Å². The number of hydrogen-bond donors (Lipinski definition) is 1. The molecule has 1 atom stereocenters. The van der Waals surface area contributed by atoms with Gasteiger partial charge in [0.05, 0.1) is 24.5 Å². The van der Waals surface area contributed by atoms with Crippen LogP contribution in [0.1, 0.15) is 30.1 Å². The van der Waals surface area contributed by atoms with Gasteiger partial charge < -0.3 is 14.3 Å². The van der Waals surface area contributed by atoms with E-state index in [1.165, 1.54) is 0 Å². The summed E-state index contributed by atoms with van der Waals surface area (Å²) in [7, 11) is 0. The smallest absolute Gasteiger partial charge is 0.237 e. The van der Waals surface area contributed by atoms with Crippen LogP contribution in [0.25, 0.3) is 0 Å². The molecule has 1 aliphatic rings. The number of furan rings is 1. The van der Waals surface area contributed by atoms with Crippen LogP contribution >= 0.6 is 0 Å². The quantitative estimate of drug-likeness (QED) is 0.909. The van der Waals surface area contributed by atoms with Crippen LogP contribution in [-0.2, 0) is 17.9 Å². The van der Waals surface area contributed by atoms with E-state index in [1.807, 2.05) is 25.1 Å². The van der Waals surface area contributed by atoms with Crippen LogP contribution < -0.4 is 5.32 Å². The zero-order valence-electron chi connectivity index (χ0n) is 12.0. The first kappa shape index (κ1) is 13.9. The molecule has 21 heavy (non-hydrogen) atoms. The molecule has 112 valence electrons. The number of rotatable bonds is 5. The van der Waals surface area contributed by atoms with Crippen molar-refractivity contribution in [1.29, 1.82) is 0 Å². The van der Waals surface area contributed by atoms with Gasteiger partial charge in [0.1, 0.15) is 11.5 Å². The van der Waals surface area contributed by atoms with E-state index in [9.17, 15) is 4.79 Å². The molecule has 0 bridgehead atoms. The zero-order valence-corrected chi connectivity index (χ0v) is 12.0. The minimum Gasteiger partial charge on any atom is -0.467 e. The third-order valence-electron chi connectivity index (χ3n) is 3.73.